The van der Waals surface area contributed by atoms with Gasteiger partial charge in [-0.1, -0.05) is 31.2 Å². The highest BCUT2D eigenvalue weighted by molar-refractivity contribution is 5.78. The van der Waals surface area contributed by atoms with E-state index < -0.39 is 0 Å². The van der Waals surface area contributed by atoms with Gasteiger partial charge in [-0.3, -0.25) is 4.79 Å². The number of carbonyl (C=O) groups excluding carboxylic acids is 2. The van der Waals surface area contributed by atoms with Gasteiger partial charge in [-0.15, -0.1) is 0 Å². The molecule has 138 valence electrons. The van der Waals surface area contributed by atoms with Crippen molar-refractivity contribution in [3.63, 3.8) is 0 Å². The predicted octanol–water partition coefficient (Wildman–Crippen LogP) is 3.40. The molecule has 0 fully saturated rings. The van der Waals surface area contributed by atoms with Gasteiger partial charge < -0.3 is 15.5 Å². The average molecular weight is 345 g/mol. The lowest BCUT2D eigenvalue weighted by Crippen LogP contribution is -2.46. The second-order valence-corrected chi connectivity index (χ2v) is 6.75. The van der Waals surface area contributed by atoms with E-state index in [0.29, 0.717) is 19.5 Å². The number of nitrogens with one attached hydrogen (secondary N) is 2. The molecule has 0 bridgehead atoms. The van der Waals surface area contributed by atoms with Crippen molar-refractivity contribution < 1.29 is 9.59 Å². The number of hydrogen-bond donors (Lipinski definition) is 2. The Labute approximate surface area is 151 Å². The van der Waals surface area contributed by atoms with Gasteiger partial charge >= 0.3 is 6.03 Å². The molecule has 0 saturated carbocycles. The van der Waals surface area contributed by atoms with Crippen LogP contribution in [0.5, 0.6) is 0 Å². The number of hydrogen-bond acceptors (Lipinski definition) is 2. The molecular weight excluding hydrogens is 314 g/mol. The molecule has 5 nitrogen and oxygen atoms in total. The molecule has 0 aliphatic heterocycles. The number of carbonyl (C=O) groups is 2. The van der Waals surface area contributed by atoms with Crippen LogP contribution in [0.1, 0.15) is 63.6 Å². The van der Waals surface area contributed by atoms with E-state index in [1.807, 2.05) is 19.9 Å². The molecule has 0 heterocycles. The lowest BCUT2D eigenvalue weighted by atomic mass is 9.87. The molecule has 2 rings (SSSR count). The van der Waals surface area contributed by atoms with Crippen LogP contribution in [0.2, 0.25) is 0 Å². The summed E-state index contributed by atoms with van der Waals surface area (Å²) in [5, 5.41) is 6.00. The molecule has 25 heavy (non-hydrogen) atoms. The number of aryl methyl sites for hydroxylation is 1. The standard InChI is InChI=1S/C20H31N3O2/c1-4-15(3)23(20(25)21-5-2)14-13-19(24)22-18-12-8-10-16-9-6-7-11-17(16)18/h6-7,9,11,15,18H,4-5,8,10,12-14H2,1-3H3,(H,21,25)(H,22,24). The molecule has 1 aliphatic carbocycles. The predicted molar refractivity (Wildman–Crippen MR) is 100 cm³/mol. The molecule has 2 N–H and O–H groups in total. The summed E-state index contributed by atoms with van der Waals surface area (Å²) in [7, 11) is 0. The van der Waals surface area contributed by atoms with Gasteiger partial charge in [0.15, 0.2) is 0 Å². The second kappa shape index (κ2) is 9.44. The zero-order valence-electron chi connectivity index (χ0n) is 15.7. The van der Waals surface area contributed by atoms with Crippen LogP contribution in [0.4, 0.5) is 4.79 Å². The van der Waals surface area contributed by atoms with Crippen LogP contribution in [-0.4, -0.2) is 36.0 Å². The van der Waals surface area contributed by atoms with Gasteiger partial charge in [-0.2, -0.15) is 0 Å². The lowest BCUT2D eigenvalue weighted by molar-refractivity contribution is -0.122. The van der Waals surface area contributed by atoms with Gasteiger partial charge in [0, 0.05) is 25.6 Å². The van der Waals surface area contributed by atoms with Crippen molar-refractivity contribution in [3.8, 4) is 0 Å². The van der Waals surface area contributed by atoms with Gasteiger partial charge in [-0.05, 0) is 50.7 Å². The Balaban J connectivity index is 1.92. The molecular formula is C20H31N3O2. The molecule has 3 amide bonds. The first kappa shape index (κ1) is 19.3. The number of amides is 3. The molecule has 2 atom stereocenters. The normalized spacial score (nSPS) is 17.3. The minimum atomic E-state index is -0.0901. The highest BCUT2D eigenvalue weighted by atomic mass is 16.2. The number of benzene rings is 1. The SMILES string of the molecule is CCNC(=O)N(CCC(=O)NC1CCCc2ccccc21)C(C)CC. The summed E-state index contributed by atoms with van der Waals surface area (Å²) in [5.74, 6) is 0.0132. The summed E-state index contributed by atoms with van der Waals surface area (Å²) in [6.45, 7) is 7.01. The first-order valence-corrected chi connectivity index (χ1v) is 9.48. The van der Waals surface area contributed by atoms with Crippen LogP contribution >= 0.6 is 0 Å². The van der Waals surface area contributed by atoms with Crippen LogP contribution in [0, 0.1) is 0 Å². The number of rotatable bonds is 7. The average Bonchev–Trinajstić information content (AvgIpc) is 2.62. The summed E-state index contributed by atoms with van der Waals surface area (Å²) in [6.07, 6.45) is 4.37. The number of fused-ring (bicyclic) bond motifs is 1. The quantitative estimate of drug-likeness (QED) is 0.795. The van der Waals surface area contributed by atoms with E-state index in [0.717, 1.165) is 25.7 Å². The Morgan fingerprint density at radius 3 is 2.76 bits per heavy atom. The van der Waals surface area contributed by atoms with Crippen LogP contribution in [0.25, 0.3) is 0 Å². The van der Waals surface area contributed by atoms with Gasteiger partial charge in [0.05, 0.1) is 6.04 Å². The highest BCUT2D eigenvalue weighted by Crippen LogP contribution is 2.29. The summed E-state index contributed by atoms with van der Waals surface area (Å²) in [6, 6.07) is 8.47. The third kappa shape index (κ3) is 5.21. The van der Waals surface area contributed by atoms with Crippen molar-refractivity contribution in [1.29, 1.82) is 0 Å². The van der Waals surface area contributed by atoms with Gasteiger partial charge in [0.25, 0.3) is 0 Å². The van der Waals surface area contributed by atoms with Crippen molar-refractivity contribution >= 4 is 11.9 Å². The first-order chi connectivity index (χ1) is 12.1. The van der Waals surface area contributed by atoms with Crippen molar-refractivity contribution in [1.82, 2.24) is 15.5 Å². The summed E-state index contributed by atoms with van der Waals surface area (Å²) < 4.78 is 0. The molecule has 1 aromatic carbocycles. The number of urea groups is 1. The van der Waals surface area contributed by atoms with E-state index in [-0.39, 0.29) is 24.0 Å². The molecule has 0 aromatic heterocycles. The van der Waals surface area contributed by atoms with Crippen LogP contribution in [-0.2, 0) is 11.2 Å². The molecule has 5 heteroatoms. The Bertz CT molecular complexity index is 588. The van der Waals surface area contributed by atoms with E-state index in [9.17, 15) is 9.59 Å². The molecule has 0 saturated heterocycles. The topological polar surface area (TPSA) is 61.4 Å². The minimum Gasteiger partial charge on any atom is -0.349 e. The second-order valence-electron chi connectivity index (χ2n) is 6.75. The molecule has 1 aromatic rings. The van der Waals surface area contributed by atoms with Gasteiger partial charge in [0.1, 0.15) is 0 Å². The van der Waals surface area contributed by atoms with Gasteiger partial charge in [0.2, 0.25) is 5.91 Å². The van der Waals surface area contributed by atoms with Crippen molar-refractivity contribution in [2.24, 2.45) is 0 Å². The highest BCUT2D eigenvalue weighted by Gasteiger charge is 2.23. The first-order valence-electron chi connectivity index (χ1n) is 9.48. The van der Waals surface area contributed by atoms with Crippen LogP contribution < -0.4 is 10.6 Å². The molecule has 2 unspecified atom stereocenters. The Morgan fingerprint density at radius 1 is 1.28 bits per heavy atom. The summed E-state index contributed by atoms with van der Waals surface area (Å²) >= 11 is 0. The third-order valence-electron chi connectivity index (χ3n) is 5.00. The van der Waals surface area contributed by atoms with E-state index in [1.165, 1.54) is 11.1 Å². The third-order valence-corrected chi connectivity index (χ3v) is 5.00. The van der Waals surface area contributed by atoms with E-state index in [1.54, 1.807) is 4.90 Å². The number of nitrogens with zero attached hydrogens (tertiary/aromatic N) is 1. The lowest BCUT2D eigenvalue weighted by Gasteiger charge is -2.29. The Hall–Kier alpha value is -2.04. The summed E-state index contributed by atoms with van der Waals surface area (Å²) in [4.78, 5) is 26.4. The monoisotopic (exact) mass is 345 g/mol. The Morgan fingerprint density at radius 2 is 2.04 bits per heavy atom. The molecule has 0 spiro atoms. The molecule has 0 radical (unpaired) electrons. The fourth-order valence-electron chi connectivity index (χ4n) is 3.39. The van der Waals surface area contributed by atoms with Gasteiger partial charge in [-0.25, -0.2) is 4.79 Å². The van der Waals surface area contributed by atoms with E-state index in [4.69, 9.17) is 0 Å². The van der Waals surface area contributed by atoms with E-state index >= 15 is 0 Å². The van der Waals surface area contributed by atoms with Crippen molar-refractivity contribution in [2.75, 3.05) is 13.1 Å². The largest absolute Gasteiger partial charge is 0.349 e. The zero-order chi connectivity index (χ0) is 18.2. The zero-order valence-corrected chi connectivity index (χ0v) is 15.7. The van der Waals surface area contributed by atoms with Crippen molar-refractivity contribution in [3.05, 3.63) is 35.4 Å². The van der Waals surface area contributed by atoms with E-state index in [2.05, 4.69) is 35.8 Å². The fraction of sp³-hybridized carbons (Fsp3) is 0.600. The Kier molecular flexibility index (Phi) is 7.29. The van der Waals surface area contributed by atoms with Crippen molar-refractivity contribution in [2.45, 2.75) is 65.0 Å². The maximum atomic E-state index is 12.4. The summed E-state index contributed by atoms with van der Waals surface area (Å²) in [5.41, 5.74) is 2.58. The van der Waals surface area contributed by atoms with Crippen LogP contribution in [0.3, 0.4) is 0 Å². The minimum absolute atomic E-state index is 0.0132. The smallest absolute Gasteiger partial charge is 0.317 e. The molecule has 1 aliphatic rings. The maximum absolute atomic E-state index is 12.4. The fourth-order valence-corrected chi connectivity index (χ4v) is 3.39. The van der Waals surface area contributed by atoms with Crippen LogP contribution in [0.15, 0.2) is 24.3 Å². The maximum Gasteiger partial charge on any atom is 0.317 e.